The topological polar surface area (TPSA) is 27.6 Å². The van der Waals surface area contributed by atoms with Crippen LogP contribution in [0.5, 0.6) is 0 Å². The maximum Gasteiger partial charge on any atom is 0.194 e. The smallest absolute Gasteiger partial charge is 0.194 e. The van der Waals surface area contributed by atoms with E-state index in [-0.39, 0.29) is 24.0 Å². The van der Waals surface area contributed by atoms with E-state index in [0.29, 0.717) is 6.04 Å². The quantitative estimate of drug-likeness (QED) is 0.710. The first-order valence-electron chi connectivity index (χ1n) is 7.95. The number of hydrogen-bond donors (Lipinski definition) is 1. The van der Waals surface area contributed by atoms with Crippen molar-refractivity contribution in [3.63, 3.8) is 0 Å². The Morgan fingerprint density at radius 1 is 1.25 bits per heavy atom. The Morgan fingerprint density at radius 2 is 2.15 bits per heavy atom. The average molecular weight is 409 g/mol. The lowest BCUT2D eigenvalue weighted by Gasteiger charge is -2.36. The molecule has 3 unspecified atom stereocenters. The molecule has 3 aliphatic heterocycles. The van der Waals surface area contributed by atoms with Gasteiger partial charge in [-0.2, -0.15) is 11.8 Å². The van der Waals surface area contributed by atoms with Crippen molar-refractivity contribution >= 4 is 41.7 Å². The first-order chi connectivity index (χ1) is 9.33. The predicted octanol–water partition coefficient (Wildman–Crippen LogP) is 3.20. The molecule has 0 amide bonds. The fourth-order valence-corrected chi connectivity index (χ4v) is 4.58. The Kier molecular flexibility index (Phi) is 6.78. The maximum atomic E-state index is 4.75. The van der Waals surface area contributed by atoms with Crippen molar-refractivity contribution in [3.8, 4) is 0 Å². The van der Waals surface area contributed by atoms with Gasteiger partial charge in [0.2, 0.25) is 0 Å². The van der Waals surface area contributed by atoms with Gasteiger partial charge in [-0.15, -0.1) is 24.0 Å². The van der Waals surface area contributed by atoms with Crippen LogP contribution in [0.25, 0.3) is 0 Å². The predicted molar refractivity (Wildman–Crippen MR) is 99.3 cm³/mol. The molecule has 0 bridgehead atoms. The van der Waals surface area contributed by atoms with Crippen LogP contribution in [0.1, 0.15) is 39.0 Å². The van der Waals surface area contributed by atoms with Gasteiger partial charge in [0.15, 0.2) is 5.96 Å². The van der Waals surface area contributed by atoms with Gasteiger partial charge >= 0.3 is 0 Å². The Hall–Kier alpha value is 0.350. The third kappa shape index (κ3) is 4.18. The lowest BCUT2D eigenvalue weighted by molar-refractivity contribution is 0.210. The van der Waals surface area contributed by atoms with Crippen LogP contribution in [0.15, 0.2) is 4.99 Å². The summed E-state index contributed by atoms with van der Waals surface area (Å²) >= 11 is 2.13. The van der Waals surface area contributed by atoms with Crippen molar-refractivity contribution in [2.45, 2.75) is 45.1 Å². The minimum atomic E-state index is 0. The van der Waals surface area contributed by atoms with Crippen molar-refractivity contribution in [2.75, 3.05) is 31.1 Å². The Balaban J connectivity index is 0.00000147. The Labute approximate surface area is 144 Å². The van der Waals surface area contributed by atoms with Crippen LogP contribution in [-0.4, -0.2) is 48.0 Å². The normalized spacial score (nSPS) is 33.8. The number of halogens is 1. The SMILES string of the molecule is CC1CCC2CN=C(NCC3CCCSCC3)N2C1.I. The third-order valence-electron chi connectivity index (χ3n) is 4.79. The molecule has 5 heteroatoms. The molecule has 0 radical (unpaired) electrons. The summed E-state index contributed by atoms with van der Waals surface area (Å²) in [7, 11) is 0. The number of hydrogen-bond acceptors (Lipinski definition) is 4. The summed E-state index contributed by atoms with van der Waals surface area (Å²) in [6, 6.07) is 0.698. The van der Waals surface area contributed by atoms with Gasteiger partial charge in [0.05, 0.1) is 12.6 Å². The zero-order chi connectivity index (χ0) is 13.1. The summed E-state index contributed by atoms with van der Waals surface area (Å²) in [5.41, 5.74) is 0. The van der Waals surface area contributed by atoms with E-state index in [2.05, 4.69) is 28.9 Å². The molecule has 0 aromatic rings. The van der Waals surface area contributed by atoms with Gasteiger partial charge in [-0.1, -0.05) is 6.92 Å². The maximum absolute atomic E-state index is 4.75. The van der Waals surface area contributed by atoms with Crippen LogP contribution in [-0.2, 0) is 0 Å². The fraction of sp³-hybridized carbons (Fsp3) is 0.933. The van der Waals surface area contributed by atoms with Crippen molar-refractivity contribution in [3.05, 3.63) is 0 Å². The second-order valence-electron chi connectivity index (χ2n) is 6.44. The number of rotatable bonds is 2. The number of nitrogens with one attached hydrogen (secondary N) is 1. The van der Waals surface area contributed by atoms with Crippen molar-refractivity contribution in [1.82, 2.24) is 10.2 Å². The summed E-state index contributed by atoms with van der Waals surface area (Å²) in [5, 5.41) is 3.67. The number of nitrogens with zero attached hydrogens (tertiary/aromatic N) is 2. The lowest BCUT2D eigenvalue weighted by Crippen LogP contribution is -2.49. The molecule has 0 aromatic heterocycles. The van der Waals surface area contributed by atoms with E-state index in [1.165, 1.54) is 56.1 Å². The minimum absolute atomic E-state index is 0. The summed E-state index contributed by atoms with van der Waals surface area (Å²) in [5.74, 6) is 5.61. The number of guanidine groups is 1. The summed E-state index contributed by atoms with van der Waals surface area (Å²) in [6.07, 6.45) is 6.88. The van der Waals surface area contributed by atoms with Gasteiger partial charge in [0.1, 0.15) is 0 Å². The third-order valence-corrected chi connectivity index (χ3v) is 5.89. The molecule has 3 nitrogen and oxygen atoms in total. The van der Waals surface area contributed by atoms with E-state index >= 15 is 0 Å². The van der Waals surface area contributed by atoms with Gasteiger partial charge < -0.3 is 10.2 Å². The van der Waals surface area contributed by atoms with Crippen LogP contribution in [0.2, 0.25) is 0 Å². The van der Waals surface area contributed by atoms with E-state index in [1.54, 1.807) is 0 Å². The van der Waals surface area contributed by atoms with E-state index in [0.717, 1.165) is 24.9 Å². The highest BCUT2D eigenvalue weighted by molar-refractivity contribution is 14.0. The highest BCUT2D eigenvalue weighted by Crippen LogP contribution is 2.26. The van der Waals surface area contributed by atoms with Gasteiger partial charge in [0, 0.05) is 13.1 Å². The summed E-state index contributed by atoms with van der Waals surface area (Å²) in [6.45, 7) is 5.73. The van der Waals surface area contributed by atoms with E-state index in [4.69, 9.17) is 4.99 Å². The Bertz CT molecular complexity index is 329. The molecule has 3 aliphatic rings. The molecular weight excluding hydrogens is 381 g/mol. The standard InChI is InChI=1S/C15H27N3S.HI/c1-12-4-5-14-10-17-15(18(14)11-12)16-9-13-3-2-7-19-8-6-13;/h12-14H,2-11H2,1H3,(H,16,17);1H. The molecule has 2 saturated heterocycles. The van der Waals surface area contributed by atoms with Gasteiger partial charge in [-0.3, -0.25) is 4.99 Å². The zero-order valence-corrected chi connectivity index (χ0v) is 15.7. The number of piperidine rings is 1. The molecule has 0 aliphatic carbocycles. The summed E-state index contributed by atoms with van der Waals surface area (Å²) < 4.78 is 0. The van der Waals surface area contributed by atoms with Crippen LogP contribution in [0, 0.1) is 11.8 Å². The van der Waals surface area contributed by atoms with Crippen molar-refractivity contribution < 1.29 is 0 Å². The van der Waals surface area contributed by atoms with E-state index < -0.39 is 0 Å². The molecule has 20 heavy (non-hydrogen) atoms. The number of fused-ring (bicyclic) bond motifs is 1. The molecule has 0 saturated carbocycles. The number of thioether (sulfide) groups is 1. The van der Waals surface area contributed by atoms with Gasteiger partial charge in [-0.25, -0.2) is 0 Å². The van der Waals surface area contributed by atoms with E-state index in [1.807, 2.05) is 0 Å². The van der Waals surface area contributed by atoms with Crippen molar-refractivity contribution in [2.24, 2.45) is 16.8 Å². The largest absolute Gasteiger partial charge is 0.356 e. The molecule has 2 fully saturated rings. The Morgan fingerprint density at radius 3 is 3.05 bits per heavy atom. The van der Waals surface area contributed by atoms with Crippen LogP contribution >= 0.6 is 35.7 Å². The lowest BCUT2D eigenvalue weighted by atomic mass is 9.95. The molecular formula is C15H28IN3S. The monoisotopic (exact) mass is 409 g/mol. The molecule has 0 aromatic carbocycles. The highest BCUT2D eigenvalue weighted by atomic mass is 127. The van der Waals surface area contributed by atoms with Crippen LogP contribution in [0.3, 0.4) is 0 Å². The first-order valence-corrected chi connectivity index (χ1v) is 9.11. The highest BCUT2D eigenvalue weighted by Gasteiger charge is 2.32. The van der Waals surface area contributed by atoms with E-state index in [9.17, 15) is 0 Å². The molecule has 0 spiro atoms. The van der Waals surface area contributed by atoms with Crippen LogP contribution in [0.4, 0.5) is 0 Å². The molecule has 3 heterocycles. The second kappa shape index (κ2) is 8.11. The van der Waals surface area contributed by atoms with Crippen LogP contribution < -0.4 is 5.32 Å². The number of aliphatic imine (C=N–C) groups is 1. The van der Waals surface area contributed by atoms with Gasteiger partial charge in [0.25, 0.3) is 0 Å². The first kappa shape index (κ1) is 16.7. The minimum Gasteiger partial charge on any atom is -0.356 e. The van der Waals surface area contributed by atoms with Crippen molar-refractivity contribution in [1.29, 1.82) is 0 Å². The molecule has 3 rings (SSSR count). The molecule has 3 atom stereocenters. The second-order valence-corrected chi connectivity index (χ2v) is 7.67. The molecule has 116 valence electrons. The average Bonchev–Trinajstić information content (AvgIpc) is 2.63. The van der Waals surface area contributed by atoms with Gasteiger partial charge in [-0.05, 0) is 55.4 Å². The zero-order valence-electron chi connectivity index (χ0n) is 12.5. The fourth-order valence-electron chi connectivity index (χ4n) is 3.51. The summed E-state index contributed by atoms with van der Waals surface area (Å²) in [4.78, 5) is 7.29. The molecule has 1 N–H and O–H groups in total.